The quantitative estimate of drug-likeness (QED) is 0.772. The van der Waals surface area contributed by atoms with Crippen LogP contribution in [0.15, 0.2) is 18.2 Å². The minimum Gasteiger partial charge on any atom is -0.494 e. The van der Waals surface area contributed by atoms with Gasteiger partial charge in [-0.15, -0.1) is 0 Å². The molecule has 0 aliphatic carbocycles. The topological polar surface area (TPSA) is 9.23 Å². The first-order valence-electron chi connectivity index (χ1n) is 3.82. The van der Waals surface area contributed by atoms with Crippen LogP contribution in [0.1, 0.15) is 13.3 Å². The summed E-state index contributed by atoms with van der Waals surface area (Å²) in [5, 5.41) is 0. The maximum Gasteiger partial charge on any atom is 0.136 e. The number of benzene rings is 1. The second-order valence-electron chi connectivity index (χ2n) is 2.42. The molecular formula is C9H10FIO. The van der Waals surface area contributed by atoms with Gasteiger partial charge in [-0.25, -0.2) is 4.39 Å². The molecule has 0 heterocycles. The summed E-state index contributed by atoms with van der Waals surface area (Å²) in [7, 11) is 0. The lowest BCUT2D eigenvalue weighted by Gasteiger charge is -2.04. The average molecular weight is 280 g/mol. The lowest BCUT2D eigenvalue weighted by atomic mass is 10.3. The van der Waals surface area contributed by atoms with E-state index in [2.05, 4.69) is 0 Å². The second-order valence-corrected chi connectivity index (χ2v) is 3.59. The summed E-state index contributed by atoms with van der Waals surface area (Å²) in [5.74, 6) is 0.544. The molecule has 0 unspecified atom stereocenters. The Balaban J connectivity index is 2.69. The van der Waals surface area contributed by atoms with Gasteiger partial charge in [0.1, 0.15) is 11.6 Å². The van der Waals surface area contributed by atoms with E-state index in [1.807, 2.05) is 29.5 Å². The van der Waals surface area contributed by atoms with Crippen LogP contribution in [0, 0.1) is 9.39 Å². The van der Waals surface area contributed by atoms with E-state index >= 15 is 0 Å². The molecule has 1 nitrogen and oxygen atoms in total. The Morgan fingerprint density at radius 2 is 2.25 bits per heavy atom. The van der Waals surface area contributed by atoms with Crippen LogP contribution in [0.4, 0.5) is 4.39 Å². The molecule has 0 aliphatic heterocycles. The Hall–Kier alpha value is -0.320. The molecule has 0 saturated heterocycles. The molecule has 0 saturated carbocycles. The fourth-order valence-electron chi connectivity index (χ4n) is 0.787. The number of hydrogen-bond acceptors (Lipinski definition) is 1. The highest BCUT2D eigenvalue weighted by molar-refractivity contribution is 14.1. The van der Waals surface area contributed by atoms with Crippen LogP contribution in [0.25, 0.3) is 0 Å². The molecular weight excluding hydrogens is 270 g/mol. The van der Waals surface area contributed by atoms with E-state index in [-0.39, 0.29) is 5.82 Å². The summed E-state index contributed by atoms with van der Waals surface area (Å²) < 4.78 is 18.7. The highest BCUT2D eigenvalue weighted by Gasteiger charge is 1.99. The van der Waals surface area contributed by atoms with Crippen molar-refractivity contribution >= 4 is 22.6 Å². The maximum atomic E-state index is 12.8. The molecule has 1 aromatic rings. The van der Waals surface area contributed by atoms with Crippen molar-refractivity contribution in [3.63, 3.8) is 0 Å². The minimum absolute atomic E-state index is 0.195. The normalized spacial score (nSPS) is 9.92. The monoisotopic (exact) mass is 280 g/mol. The molecule has 12 heavy (non-hydrogen) atoms. The van der Waals surface area contributed by atoms with Crippen molar-refractivity contribution in [3.05, 3.63) is 27.6 Å². The lowest BCUT2D eigenvalue weighted by molar-refractivity contribution is 0.316. The fourth-order valence-corrected chi connectivity index (χ4v) is 1.27. The first-order chi connectivity index (χ1) is 5.74. The number of halogens is 2. The van der Waals surface area contributed by atoms with E-state index in [9.17, 15) is 4.39 Å². The smallest absolute Gasteiger partial charge is 0.136 e. The van der Waals surface area contributed by atoms with Crippen LogP contribution in [0.2, 0.25) is 0 Å². The van der Waals surface area contributed by atoms with E-state index in [0.29, 0.717) is 10.2 Å². The zero-order valence-corrected chi connectivity index (χ0v) is 8.97. The number of rotatable bonds is 3. The highest BCUT2D eigenvalue weighted by Crippen LogP contribution is 2.18. The van der Waals surface area contributed by atoms with Gasteiger partial charge in [-0.2, -0.15) is 0 Å². The van der Waals surface area contributed by atoms with Crippen molar-refractivity contribution in [1.82, 2.24) is 0 Å². The predicted molar refractivity (Wildman–Crippen MR) is 54.9 cm³/mol. The molecule has 0 amide bonds. The Labute approximate surface area is 85.1 Å². The molecule has 0 radical (unpaired) electrons. The molecule has 0 bridgehead atoms. The van der Waals surface area contributed by atoms with Gasteiger partial charge in [0.25, 0.3) is 0 Å². The van der Waals surface area contributed by atoms with Crippen molar-refractivity contribution < 1.29 is 9.13 Å². The molecule has 0 aromatic heterocycles. The SMILES string of the molecule is CCCOc1ccc(F)c(I)c1. The van der Waals surface area contributed by atoms with Crippen LogP contribution in [-0.4, -0.2) is 6.61 Å². The lowest BCUT2D eigenvalue weighted by Crippen LogP contribution is -1.95. The van der Waals surface area contributed by atoms with Gasteiger partial charge in [0.05, 0.1) is 10.2 Å². The minimum atomic E-state index is -0.195. The van der Waals surface area contributed by atoms with Gasteiger partial charge >= 0.3 is 0 Å². The van der Waals surface area contributed by atoms with Gasteiger partial charge in [0, 0.05) is 0 Å². The van der Waals surface area contributed by atoms with Gasteiger partial charge in [0.2, 0.25) is 0 Å². The highest BCUT2D eigenvalue weighted by atomic mass is 127. The van der Waals surface area contributed by atoms with Crippen LogP contribution >= 0.6 is 22.6 Å². The molecule has 0 atom stereocenters. The third-order valence-corrected chi connectivity index (χ3v) is 2.19. The Kier molecular flexibility index (Phi) is 3.78. The summed E-state index contributed by atoms with van der Waals surface area (Å²) in [6.45, 7) is 2.72. The Morgan fingerprint density at radius 1 is 1.50 bits per heavy atom. The van der Waals surface area contributed by atoms with Crippen molar-refractivity contribution in [2.45, 2.75) is 13.3 Å². The molecule has 0 N–H and O–H groups in total. The predicted octanol–water partition coefficient (Wildman–Crippen LogP) is 3.22. The third kappa shape index (κ3) is 2.62. The Morgan fingerprint density at radius 3 is 2.83 bits per heavy atom. The third-order valence-electron chi connectivity index (χ3n) is 1.36. The van der Waals surface area contributed by atoms with E-state index in [0.717, 1.165) is 12.2 Å². The van der Waals surface area contributed by atoms with Gasteiger partial charge in [-0.05, 0) is 47.2 Å². The second kappa shape index (κ2) is 4.64. The van der Waals surface area contributed by atoms with Gasteiger partial charge in [-0.1, -0.05) is 6.92 Å². The fraction of sp³-hybridized carbons (Fsp3) is 0.333. The van der Waals surface area contributed by atoms with Crippen LogP contribution in [0.3, 0.4) is 0 Å². The maximum absolute atomic E-state index is 12.8. The van der Waals surface area contributed by atoms with Gasteiger partial charge in [0.15, 0.2) is 0 Å². The van der Waals surface area contributed by atoms with E-state index < -0.39 is 0 Å². The van der Waals surface area contributed by atoms with Crippen molar-refractivity contribution in [1.29, 1.82) is 0 Å². The van der Waals surface area contributed by atoms with Crippen molar-refractivity contribution in [3.8, 4) is 5.75 Å². The average Bonchev–Trinajstić information content (AvgIpc) is 2.07. The standard InChI is InChI=1S/C9H10FIO/c1-2-5-12-7-3-4-8(10)9(11)6-7/h3-4,6H,2,5H2,1H3. The largest absolute Gasteiger partial charge is 0.494 e. The van der Waals surface area contributed by atoms with Crippen LogP contribution < -0.4 is 4.74 Å². The molecule has 1 rings (SSSR count). The molecule has 0 spiro atoms. The molecule has 66 valence electrons. The van der Waals surface area contributed by atoms with E-state index in [4.69, 9.17) is 4.74 Å². The van der Waals surface area contributed by atoms with E-state index in [1.165, 1.54) is 6.07 Å². The summed E-state index contributed by atoms with van der Waals surface area (Å²) in [6.07, 6.45) is 0.966. The molecule has 3 heteroatoms. The van der Waals surface area contributed by atoms with Crippen LogP contribution in [-0.2, 0) is 0 Å². The number of hydrogen-bond donors (Lipinski definition) is 0. The van der Waals surface area contributed by atoms with Crippen molar-refractivity contribution in [2.75, 3.05) is 6.61 Å². The Bertz CT molecular complexity index is 263. The molecule has 0 aliphatic rings. The summed E-state index contributed by atoms with van der Waals surface area (Å²) in [4.78, 5) is 0. The zero-order chi connectivity index (χ0) is 8.97. The first-order valence-corrected chi connectivity index (χ1v) is 4.89. The van der Waals surface area contributed by atoms with Crippen LogP contribution in [0.5, 0.6) is 5.75 Å². The zero-order valence-electron chi connectivity index (χ0n) is 6.81. The van der Waals surface area contributed by atoms with Crippen molar-refractivity contribution in [2.24, 2.45) is 0 Å². The number of ether oxygens (including phenoxy) is 1. The molecule has 1 aromatic carbocycles. The molecule has 0 fully saturated rings. The van der Waals surface area contributed by atoms with Gasteiger partial charge < -0.3 is 4.74 Å². The van der Waals surface area contributed by atoms with Gasteiger partial charge in [-0.3, -0.25) is 0 Å². The summed E-state index contributed by atoms with van der Waals surface area (Å²) in [5.41, 5.74) is 0. The van der Waals surface area contributed by atoms with E-state index in [1.54, 1.807) is 12.1 Å². The summed E-state index contributed by atoms with van der Waals surface area (Å²) >= 11 is 1.95. The first kappa shape index (κ1) is 9.77. The summed E-state index contributed by atoms with van der Waals surface area (Å²) in [6, 6.07) is 4.77.